The van der Waals surface area contributed by atoms with Crippen LogP contribution in [-0.2, 0) is 11.8 Å². The first-order valence-corrected chi connectivity index (χ1v) is 6.13. The SMILES string of the molecule is CCNC(CCC(C)(C)OC)c1cn(C)nn1. The van der Waals surface area contributed by atoms with Gasteiger partial charge < -0.3 is 10.1 Å². The van der Waals surface area contributed by atoms with Crippen molar-refractivity contribution in [3.8, 4) is 0 Å². The van der Waals surface area contributed by atoms with Crippen LogP contribution in [0.5, 0.6) is 0 Å². The summed E-state index contributed by atoms with van der Waals surface area (Å²) >= 11 is 0. The Balaban J connectivity index is 2.61. The number of ether oxygens (including phenoxy) is 1. The highest BCUT2D eigenvalue weighted by Crippen LogP contribution is 2.23. The van der Waals surface area contributed by atoms with Crippen LogP contribution in [0.15, 0.2) is 6.20 Å². The minimum atomic E-state index is -0.0874. The third-order valence-corrected chi connectivity index (χ3v) is 3.02. The number of aromatic nitrogens is 3. The van der Waals surface area contributed by atoms with Crippen molar-refractivity contribution in [2.45, 2.75) is 45.3 Å². The van der Waals surface area contributed by atoms with Crippen LogP contribution in [-0.4, -0.2) is 34.2 Å². The second-order valence-corrected chi connectivity index (χ2v) is 4.93. The van der Waals surface area contributed by atoms with Crippen LogP contribution >= 0.6 is 0 Å². The first-order chi connectivity index (χ1) is 7.98. The number of methoxy groups -OCH3 is 1. The van der Waals surface area contributed by atoms with Crippen LogP contribution in [0.1, 0.15) is 45.3 Å². The smallest absolute Gasteiger partial charge is 0.0996 e. The molecule has 0 bridgehead atoms. The van der Waals surface area contributed by atoms with Crippen molar-refractivity contribution >= 4 is 0 Å². The first kappa shape index (κ1) is 14.1. The molecule has 5 nitrogen and oxygen atoms in total. The Morgan fingerprint density at radius 3 is 2.71 bits per heavy atom. The molecule has 0 aliphatic heterocycles. The van der Waals surface area contributed by atoms with Gasteiger partial charge in [-0.3, -0.25) is 4.68 Å². The fraction of sp³-hybridized carbons (Fsp3) is 0.833. The highest BCUT2D eigenvalue weighted by Gasteiger charge is 2.21. The quantitative estimate of drug-likeness (QED) is 0.787. The van der Waals surface area contributed by atoms with Gasteiger partial charge in [0.15, 0.2) is 0 Å². The summed E-state index contributed by atoms with van der Waals surface area (Å²) in [5.41, 5.74) is 0.914. The van der Waals surface area contributed by atoms with Crippen LogP contribution in [0.2, 0.25) is 0 Å². The fourth-order valence-electron chi connectivity index (χ4n) is 1.72. The molecule has 1 aromatic rings. The number of hydrogen-bond acceptors (Lipinski definition) is 4. The van der Waals surface area contributed by atoms with Gasteiger partial charge in [0.1, 0.15) is 0 Å². The Morgan fingerprint density at radius 2 is 2.24 bits per heavy atom. The average Bonchev–Trinajstić information content (AvgIpc) is 2.71. The number of nitrogens with one attached hydrogen (secondary N) is 1. The van der Waals surface area contributed by atoms with E-state index in [-0.39, 0.29) is 11.6 Å². The van der Waals surface area contributed by atoms with Gasteiger partial charge in [-0.1, -0.05) is 12.1 Å². The first-order valence-electron chi connectivity index (χ1n) is 6.13. The maximum absolute atomic E-state index is 5.44. The summed E-state index contributed by atoms with van der Waals surface area (Å²) < 4.78 is 7.18. The van der Waals surface area contributed by atoms with Crippen molar-refractivity contribution in [2.24, 2.45) is 7.05 Å². The molecule has 0 aromatic carbocycles. The molecule has 0 fully saturated rings. The second-order valence-electron chi connectivity index (χ2n) is 4.93. The number of hydrogen-bond donors (Lipinski definition) is 1. The largest absolute Gasteiger partial charge is 0.379 e. The van der Waals surface area contributed by atoms with E-state index in [0.29, 0.717) is 0 Å². The van der Waals surface area contributed by atoms with E-state index in [0.717, 1.165) is 25.1 Å². The Hall–Kier alpha value is -0.940. The lowest BCUT2D eigenvalue weighted by Crippen LogP contribution is -2.27. The summed E-state index contributed by atoms with van der Waals surface area (Å²) in [5, 5.41) is 11.6. The van der Waals surface area contributed by atoms with Crippen molar-refractivity contribution < 1.29 is 4.74 Å². The van der Waals surface area contributed by atoms with Crippen LogP contribution < -0.4 is 5.32 Å². The van der Waals surface area contributed by atoms with Crippen LogP contribution in [0, 0.1) is 0 Å². The van der Waals surface area contributed by atoms with E-state index >= 15 is 0 Å². The highest BCUT2D eigenvalue weighted by atomic mass is 16.5. The summed E-state index contributed by atoms with van der Waals surface area (Å²) in [6, 6.07) is 0.253. The molecular weight excluding hydrogens is 216 g/mol. The molecule has 0 amide bonds. The lowest BCUT2D eigenvalue weighted by molar-refractivity contribution is 0.0116. The third kappa shape index (κ3) is 4.44. The van der Waals surface area contributed by atoms with E-state index in [2.05, 4.69) is 36.4 Å². The Kier molecular flexibility index (Phi) is 5.08. The number of rotatable bonds is 7. The maximum atomic E-state index is 5.44. The van der Waals surface area contributed by atoms with Gasteiger partial charge in [0.25, 0.3) is 0 Å². The van der Waals surface area contributed by atoms with Gasteiger partial charge in [-0.15, -0.1) is 5.10 Å². The van der Waals surface area contributed by atoms with Crippen molar-refractivity contribution in [3.05, 3.63) is 11.9 Å². The van der Waals surface area contributed by atoms with E-state index in [1.54, 1.807) is 11.8 Å². The zero-order valence-corrected chi connectivity index (χ0v) is 11.5. The second kappa shape index (κ2) is 6.12. The molecular formula is C12H24N4O. The van der Waals surface area contributed by atoms with Crippen molar-refractivity contribution in [1.29, 1.82) is 0 Å². The predicted molar refractivity (Wildman–Crippen MR) is 67.7 cm³/mol. The molecule has 17 heavy (non-hydrogen) atoms. The lowest BCUT2D eigenvalue weighted by atomic mass is 9.97. The van der Waals surface area contributed by atoms with E-state index in [1.807, 2.05) is 13.2 Å². The Morgan fingerprint density at radius 1 is 1.53 bits per heavy atom. The maximum Gasteiger partial charge on any atom is 0.0996 e. The van der Waals surface area contributed by atoms with Gasteiger partial charge in [0, 0.05) is 20.4 Å². The molecule has 5 heteroatoms. The van der Waals surface area contributed by atoms with Crippen LogP contribution in [0.4, 0.5) is 0 Å². The Labute approximate surface area is 104 Å². The summed E-state index contributed by atoms with van der Waals surface area (Å²) in [5.74, 6) is 0. The molecule has 1 atom stereocenters. The van der Waals surface area contributed by atoms with E-state index < -0.39 is 0 Å². The summed E-state index contributed by atoms with van der Waals surface area (Å²) in [6.07, 6.45) is 3.94. The molecule has 98 valence electrons. The molecule has 0 radical (unpaired) electrons. The molecule has 0 spiro atoms. The van der Waals surface area contributed by atoms with Crippen molar-refractivity contribution in [3.63, 3.8) is 0 Å². The standard InChI is InChI=1S/C12H24N4O/c1-6-13-10(7-8-12(2,3)17-5)11-9-16(4)15-14-11/h9-10,13H,6-8H2,1-5H3. The summed E-state index contributed by atoms with van der Waals surface area (Å²) in [7, 11) is 3.64. The molecule has 1 N–H and O–H groups in total. The van der Waals surface area contributed by atoms with Gasteiger partial charge in [-0.25, -0.2) is 0 Å². The van der Waals surface area contributed by atoms with E-state index in [1.165, 1.54) is 0 Å². The third-order valence-electron chi connectivity index (χ3n) is 3.02. The van der Waals surface area contributed by atoms with Gasteiger partial charge in [-0.05, 0) is 33.2 Å². The zero-order chi connectivity index (χ0) is 12.9. The number of aryl methyl sites for hydroxylation is 1. The van der Waals surface area contributed by atoms with Gasteiger partial charge >= 0.3 is 0 Å². The molecule has 1 rings (SSSR count). The summed E-state index contributed by atoms with van der Waals surface area (Å²) in [6.45, 7) is 7.23. The van der Waals surface area contributed by atoms with E-state index in [9.17, 15) is 0 Å². The number of nitrogens with zero attached hydrogens (tertiary/aromatic N) is 3. The van der Waals surface area contributed by atoms with E-state index in [4.69, 9.17) is 4.74 Å². The molecule has 0 saturated heterocycles. The lowest BCUT2D eigenvalue weighted by Gasteiger charge is -2.25. The molecule has 0 aliphatic rings. The fourth-order valence-corrected chi connectivity index (χ4v) is 1.72. The average molecular weight is 240 g/mol. The summed E-state index contributed by atoms with van der Waals surface area (Å²) in [4.78, 5) is 0. The van der Waals surface area contributed by atoms with Crippen molar-refractivity contribution in [1.82, 2.24) is 20.3 Å². The normalized spacial score (nSPS) is 13.9. The van der Waals surface area contributed by atoms with Gasteiger partial charge in [0.2, 0.25) is 0 Å². The van der Waals surface area contributed by atoms with Crippen LogP contribution in [0.3, 0.4) is 0 Å². The topological polar surface area (TPSA) is 52.0 Å². The molecule has 1 heterocycles. The monoisotopic (exact) mass is 240 g/mol. The van der Waals surface area contributed by atoms with Crippen molar-refractivity contribution in [2.75, 3.05) is 13.7 Å². The Bertz CT molecular complexity index is 335. The predicted octanol–water partition coefficient (Wildman–Crippen LogP) is 1.67. The molecule has 1 unspecified atom stereocenters. The molecule has 1 aromatic heterocycles. The van der Waals surface area contributed by atoms with Gasteiger partial charge in [0.05, 0.1) is 17.3 Å². The highest BCUT2D eigenvalue weighted by molar-refractivity contribution is 5.00. The molecule has 0 aliphatic carbocycles. The minimum Gasteiger partial charge on any atom is -0.379 e. The molecule has 0 saturated carbocycles. The minimum absolute atomic E-state index is 0.0874. The van der Waals surface area contributed by atoms with Crippen LogP contribution in [0.25, 0.3) is 0 Å². The van der Waals surface area contributed by atoms with Gasteiger partial charge in [-0.2, -0.15) is 0 Å². The zero-order valence-electron chi connectivity index (χ0n) is 11.5.